The maximum Gasteiger partial charge on any atom is 0.258 e. The lowest BCUT2D eigenvalue weighted by atomic mass is 10.1. The third-order valence-electron chi connectivity index (χ3n) is 3.69. The molecule has 0 saturated heterocycles. The van der Waals surface area contributed by atoms with Gasteiger partial charge in [0.15, 0.2) is 0 Å². The molecule has 0 unspecified atom stereocenters. The average molecular weight is 361 g/mol. The monoisotopic (exact) mass is 360 g/mol. The zero-order valence-corrected chi connectivity index (χ0v) is 14.2. The maximum atomic E-state index is 12.6. The molecule has 0 bridgehead atoms. The number of carbonyl (C=O) groups excluding carboxylic acids is 1. The Balaban J connectivity index is 2.08. The predicted octanol–water partition coefficient (Wildman–Crippen LogP) is 4.39. The van der Waals surface area contributed by atoms with E-state index in [1.54, 1.807) is 36.5 Å². The van der Waals surface area contributed by atoms with Gasteiger partial charge in [0.05, 0.1) is 32.5 Å². The molecule has 0 aliphatic rings. The zero-order chi connectivity index (χ0) is 17.3. The smallest absolute Gasteiger partial charge is 0.258 e. The number of halogens is 2. The molecule has 0 aliphatic carbocycles. The van der Waals surface area contributed by atoms with E-state index in [4.69, 9.17) is 29.0 Å². The number of benzene rings is 2. The lowest BCUT2D eigenvalue weighted by molar-refractivity contribution is 0.102. The SMILES string of the molecule is Cc1ccc(NC(=O)c2c(Cl)cccc2Cl)c2nccc(NN)c12. The third-order valence-corrected chi connectivity index (χ3v) is 4.32. The molecule has 3 rings (SSSR count). The molecule has 0 aliphatic heterocycles. The van der Waals surface area contributed by atoms with Gasteiger partial charge in [-0.25, -0.2) is 0 Å². The lowest BCUT2D eigenvalue weighted by Crippen LogP contribution is -2.14. The number of aryl methyl sites for hydroxylation is 1. The first kappa shape index (κ1) is 16.5. The minimum Gasteiger partial charge on any atom is -0.323 e. The highest BCUT2D eigenvalue weighted by atomic mass is 35.5. The molecule has 0 fully saturated rings. The van der Waals surface area contributed by atoms with Crippen LogP contribution in [-0.4, -0.2) is 10.9 Å². The number of hydrogen-bond donors (Lipinski definition) is 3. The van der Waals surface area contributed by atoms with Crippen molar-refractivity contribution < 1.29 is 4.79 Å². The molecule has 1 aromatic heterocycles. The summed E-state index contributed by atoms with van der Waals surface area (Å²) in [7, 11) is 0. The van der Waals surface area contributed by atoms with Crippen LogP contribution in [0, 0.1) is 6.92 Å². The quantitative estimate of drug-likeness (QED) is 0.478. The van der Waals surface area contributed by atoms with Crippen LogP contribution in [0.3, 0.4) is 0 Å². The summed E-state index contributed by atoms with van der Waals surface area (Å²) in [4.78, 5) is 17.0. The number of nitrogens with one attached hydrogen (secondary N) is 2. The Morgan fingerprint density at radius 2 is 1.79 bits per heavy atom. The number of pyridine rings is 1. The number of nitrogens with two attached hydrogens (primary N) is 1. The van der Waals surface area contributed by atoms with Crippen molar-refractivity contribution >= 4 is 51.4 Å². The second-order valence-corrected chi connectivity index (χ2v) is 6.02. The highest BCUT2D eigenvalue weighted by Gasteiger charge is 2.17. The van der Waals surface area contributed by atoms with Crippen molar-refractivity contribution in [2.45, 2.75) is 6.92 Å². The van der Waals surface area contributed by atoms with Gasteiger partial charge in [-0.3, -0.25) is 15.6 Å². The molecule has 4 N–H and O–H groups in total. The Morgan fingerprint density at radius 3 is 2.46 bits per heavy atom. The summed E-state index contributed by atoms with van der Waals surface area (Å²) >= 11 is 12.2. The third kappa shape index (κ3) is 2.89. The molecule has 122 valence electrons. The number of amides is 1. The van der Waals surface area contributed by atoms with E-state index in [2.05, 4.69) is 15.7 Å². The fourth-order valence-corrected chi connectivity index (χ4v) is 3.13. The molecule has 0 saturated carbocycles. The number of anilines is 2. The minimum atomic E-state index is -0.399. The van der Waals surface area contributed by atoms with Gasteiger partial charge < -0.3 is 10.7 Å². The van der Waals surface area contributed by atoms with E-state index >= 15 is 0 Å². The van der Waals surface area contributed by atoms with Crippen molar-refractivity contribution in [2.75, 3.05) is 10.7 Å². The summed E-state index contributed by atoms with van der Waals surface area (Å²) < 4.78 is 0. The van der Waals surface area contributed by atoms with Gasteiger partial charge in [0.25, 0.3) is 5.91 Å². The van der Waals surface area contributed by atoms with E-state index in [1.807, 2.05) is 13.0 Å². The summed E-state index contributed by atoms with van der Waals surface area (Å²) in [6, 6.07) is 10.4. The molecule has 1 amide bonds. The first-order chi connectivity index (χ1) is 11.5. The largest absolute Gasteiger partial charge is 0.323 e. The van der Waals surface area contributed by atoms with Gasteiger partial charge in [-0.1, -0.05) is 35.3 Å². The highest BCUT2D eigenvalue weighted by molar-refractivity contribution is 6.40. The molecule has 24 heavy (non-hydrogen) atoms. The molecule has 5 nitrogen and oxygen atoms in total. The first-order valence-electron chi connectivity index (χ1n) is 7.13. The van der Waals surface area contributed by atoms with Crippen molar-refractivity contribution in [2.24, 2.45) is 5.84 Å². The molecule has 1 heterocycles. The van der Waals surface area contributed by atoms with Gasteiger partial charge in [-0.15, -0.1) is 0 Å². The fourth-order valence-electron chi connectivity index (χ4n) is 2.56. The van der Waals surface area contributed by atoms with Crippen molar-refractivity contribution in [3.63, 3.8) is 0 Å². The van der Waals surface area contributed by atoms with Gasteiger partial charge in [0, 0.05) is 11.6 Å². The number of nitrogen functional groups attached to an aromatic ring is 1. The standard InChI is InChI=1S/C17H14Cl2N4O/c1-9-5-6-13(16-14(9)12(23-20)7-8-21-16)22-17(24)15-10(18)3-2-4-11(15)19/h2-8H,20H2,1H3,(H,21,23)(H,22,24). The molecule has 0 radical (unpaired) electrons. The van der Waals surface area contributed by atoms with Crippen LogP contribution in [-0.2, 0) is 0 Å². The average Bonchev–Trinajstić information content (AvgIpc) is 2.56. The Bertz CT molecular complexity index is 923. The molecular formula is C17H14Cl2N4O. The first-order valence-corrected chi connectivity index (χ1v) is 7.89. The molecule has 0 spiro atoms. The van der Waals surface area contributed by atoms with E-state index < -0.39 is 5.91 Å². The van der Waals surface area contributed by atoms with Crippen molar-refractivity contribution in [1.82, 2.24) is 4.98 Å². The van der Waals surface area contributed by atoms with E-state index in [9.17, 15) is 4.79 Å². The molecule has 7 heteroatoms. The number of nitrogens with zero attached hydrogens (tertiary/aromatic N) is 1. The lowest BCUT2D eigenvalue weighted by Gasteiger charge is -2.13. The fraction of sp³-hybridized carbons (Fsp3) is 0.0588. The van der Waals surface area contributed by atoms with E-state index in [1.165, 1.54) is 0 Å². The van der Waals surface area contributed by atoms with Gasteiger partial charge >= 0.3 is 0 Å². The van der Waals surface area contributed by atoms with Crippen LogP contribution in [0.4, 0.5) is 11.4 Å². The van der Waals surface area contributed by atoms with E-state index in [0.29, 0.717) is 11.2 Å². The minimum absolute atomic E-state index is 0.225. The van der Waals surface area contributed by atoms with Crippen LogP contribution in [0.2, 0.25) is 10.0 Å². The topological polar surface area (TPSA) is 80.0 Å². The van der Waals surface area contributed by atoms with Gasteiger partial charge in [0.2, 0.25) is 0 Å². The van der Waals surface area contributed by atoms with Crippen LogP contribution >= 0.6 is 23.2 Å². The molecule has 2 aromatic carbocycles. The summed E-state index contributed by atoms with van der Waals surface area (Å²) in [5, 5.41) is 4.23. The molecule has 3 aromatic rings. The van der Waals surface area contributed by atoms with Crippen LogP contribution in [0.25, 0.3) is 10.9 Å². The summed E-state index contributed by atoms with van der Waals surface area (Å²) in [6.07, 6.45) is 1.62. The Labute approximate surface area is 148 Å². The Kier molecular flexibility index (Phi) is 4.57. The Hall–Kier alpha value is -2.34. The number of aromatic nitrogens is 1. The normalized spacial score (nSPS) is 10.7. The number of hydrazine groups is 1. The highest BCUT2D eigenvalue weighted by Crippen LogP contribution is 2.31. The summed E-state index contributed by atoms with van der Waals surface area (Å²) in [6.45, 7) is 1.95. The number of carbonyl (C=O) groups is 1. The Morgan fingerprint density at radius 1 is 1.08 bits per heavy atom. The van der Waals surface area contributed by atoms with Crippen LogP contribution in [0.1, 0.15) is 15.9 Å². The predicted molar refractivity (Wildman–Crippen MR) is 98.7 cm³/mol. The van der Waals surface area contributed by atoms with Crippen molar-refractivity contribution in [3.05, 3.63) is 63.8 Å². The summed E-state index contributed by atoms with van der Waals surface area (Å²) in [5.74, 6) is 5.17. The van der Waals surface area contributed by atoms with E-state index in [0.717, 1.165) is 16.6 Å². The van der Waals surface area contributed by atoms with Crippen LogP contribution < -0.4 is 16.6 Å². The number of rotatable bonds is 3. The van der Waals surface area contributed by atoms with Gasteiger partial charge in [-0.2, -0.15) is 0 Å². The van der Waals surface area contributed by atoms with Gasteiger partial charge in [0.1, 0.15) is 0 Å². The number of hydrogen-bond acceptors (Lipinski definition) is 4. The van der Waals surface area contributed by atoms with Crippen molar-refractivity contribution in [3.8, 4) is 0 Å². The van der Waals surface area contributed by atoms with Crippen LogP contribution in [0.5, 0.6) is 0 Å². The second-order valence-electron chi connectivity index (χ2n) is 5.21. The molecule has 0 atom stereocenters. The van der Waals surface area contributed by atoms with Crippen LogP contribution in [0.15, 0.2) is 42.6 Å². The van der Waals surface area contributed by atoms with Gasteiger partial charge in [-0.05, 0) is 36.8 Å². The second kappa shape index (κ2) is 6.65. The number of fused-ring (bicyclic) bond motifs is 1. The zero-order valence-electron chi connectivity index (χ0n) is 12.7. The summed E-state index contributed by atoms with van der Waals surface area (Å²) in [5.41, 5.74) is 5.76. The molecular weight excluding hydrogens is 347 g/mol. The van der Waals surface area contributed by atoms with E-state index in [-0.39, 0.29) is 15.6 Å². The van der Waals surface area contributed by atoms with Crippen molar-refractivity contribution in [1.29, 1.82) is 0 Å². The maximum absolute atomic E-state index is 12.6.